The van der Waals surface area contributed by atoms with Crippen molar-refractivity contribution < 1.29 is 9.53 Å². The van der Waals surface area contributed by atoms with Crippen LogP contribution in [-0.2, 0) is 6.42 Å². The second kappa shape index (κ2) is 6.35. The summed E-state index contributed by atoms with van der Waals surface area (Å²) in [6.45, 7) is 0.409. The number of fused-ring (bicyclic) bond motifs is 1. The molecule has 7 nitrogen and oxygen atoms in total. The highest BCUT2D eigenvalue weighted by atomic mass is 16.5. The Balaban J connectivity index is 1.60. The first kappa shape index (κ1) is 14.8. The molecule has 118 valence electrons. The maximum Gasteiger partial charge on any atom is 0.267 e. The molecule has 23 heavy (non-hydrogen) atoms. The SMILES string of the molecule is COc1c[nH]c(C(=O)NCCc2nc3ccccc3[nH]2)cc1=O. The van der Waals surface area contributed by atoms with Crippen molar-refractivity contribution in [2.24, 2.45) is 0 Å². The molecule has 2 heterocycles. The summed E-state index contributed by atoms with van der Waals surface area (Å²) in [6, 6.07) is 8.96. The molecule has 0 saturated heterocycles. The van der Waals surface area contributed by atoms with Crippen molar-refractivity contribution in [3.63, 3.8) is 0 Å². The average molecular weight is 312 g/mol. The summed E-state index contributed by atoms with van der Waals surface area (Å²) >= 11 is 0. The van der Waals surface area contributed by atoms with E-state index in [2.05, 4.69) is 20.3 Å². The number of rotatable bonds is 5. The van der Waals surface area contributed by atoms with E-state index in [1.807, 2.05) is 24.3 Å². The molecule has 0 saturated carbocycles. The number of carbonyl (C=O) groups is 1. The first-order valence-electron chi connectivity index (χ1n) is 7.16. The number of imidazole rings is 1. The number of carbonyl (C=O) groups excluding carboxylic acids is 1. The molecular formula is C16H16N4O3. The van der Waals surface area contributed by atoms with Crippen molar-refractivity contribution in [3.8, 4) is 5.75 Å². The van der Waals surface area contributed by atoms with Crippen molar-refractivity contribution in [2.45, 2.75) is 6.42 Å². The van der Waals surface area contributed by atoms with E-state index >= 15 is 0 Å². The van der Waals surface area contributed by atoms with E-state index < -0.39 is 0 Å². The molecule has 0 unspecified atom stereocenters. The van der Waals surface area contributed by atoms with Gasteiger partial charge in [-0.15, -0.1) is 0 Å². The number of pyridine rings is 1. The molecule has 1 aromatic carbocycles. The van der Waals surface area contributed by atoms with Gasteiger partial charge in [-0.25, -0.2) is 4.98 Å². The summed E-state index contributed by atoms with van der Waals surface area (Å²) in [5, 5.41) is 2.75. The van der Waals surface area contributed by atoms with Crippen LogP contribution < -0.4 is 15.5 Å². The Morgan fingerprint density at radius 2 is 2.17 bits per heavy atom. The van der Waals surface area contributed by atoms with Crippen molar-refractivity contribution >= 4 is 16.9 Å². The Hall–Kier alpha value is -3.09. The zero-order chi connectivity index (χ0) is 16.2. The highest BCUT2D eigenvalue weighted by Gasteiger charge is 2.09. The third-order valence-corrected chi connectivity index (χ3v) is 3.43. The lowest BCUT2D eigenvalue weighted by molar-refractivity contribution is 0.0949. The van der Waals surface area contributed by atoms with E-state index in [0.29, 0.717) is 13.0 Å². The number of amides is 1. The molecule has 0 spiro atoms. The normalized spacial score (nSPS) is 10.7. The molecular weight excluding hydrogens is 296 g/mol. The lowest BCUT2D eigenvalue weighted by Crippen LogP contribution is -2.27. The van der Waals surface area contributed by atoms with Crippen molar-refractivity contribution in [3.05, 3.63) is 58.3 Å². The quantitative estimate of drug-likeness (QED) is 0.660. The minimum Gasteiger partial charge on any atom is -0.491 e. The van der Waals surface area contributed by atoms with Gasteiger partial charge in [0.05, 0.1) is 18.1 Å². The molecule has 0 aliphatic rings. The van der Waals surface area contributed by atoms with Crippen molar-refractivity contribution in [2.75, 3.05) is 13.7 Å². The van der Waals surface area contributed by atoms with Gasteiger partial charge in [-0.05, 0) is 12.1 Å². The molecule has 2 aromatic heterocycles. The van der Waals surface area contributed by atoms with Gasteiger partial charge in [0.25, 0.3) is 5.91 Å². The number of nitrogens with zero attached hydrogens (tertiary/aromatic N) is 1. The lowest BCUT2D eigenvalue weighted by Gasteiger charge is -2.05. The van der Waals surface area contributed by atoms with E-state index in [1.165, 1.54) is 19.4 Å². The number of hydrogen-bond acceptors (Lipinski definition) is 4. The van der Waals surface area contributed by atoms with Gasteiger partial charge in [0.2, 0.25) is 5.43 Å². The standard InChI is InChI=1S/C16H16N4O3/c1-23-14-9-18-12(8-13(14)21)16(22)17-7-6-15-19-10-4-2-3-5-11(10)20-15/h2-5,8-9H,6-7H2,1H3,(H,17,22)(H,18,21)(H,19,20). The molecule has 0 aliphatic carbocycles. The number of nitrogens with one attached hydrogen (secondary N) is 3. The number of para-hydroxylation sites is 2. The van der Waals surface area contributed by atoms with Crippen LogP contribution in [0.5, 0.6) is 5.75 Å². The van der Waals surface area contributed by atoms with Crippen LogP contribution in [0.2, 0.25) is 0 Å². The molecule has 3 N–H and O–H groups in total. The fourth-order valence-electron chi connectivity index (χ4n) is 2.26. The van der Waals surface area contributed by atoms with Gasteiger partial charge >= 0.3 is 0 Å². The van der Waals surface area contributed by atoms with Gasteiger partial charge < -0.3 is 20.0 Å². The summed E-state index contributed by atoms with van der Waals surface area (Å²) in [4.78, 5) is 34.0. The van der Waals surface area contributed by atoms with Gasteiger partial charge in [-0.2, -0.15) is 0 Å². The summed E-state index contributed by atoms with van der Waals surface area (Å²) in [5.41, 5.74) is 1.72. The lowest BCUT2D eigenvalue weighted by atomic mass is 10.3. The highest BCUT2D eigenvalue weighted by Crippen LogP contribution is 2.10. The molecule has 0 fully saturated rings. The van der Waals surface area contributed by atoms with Crippen LogP contribution in [0.1, 0.15) is 16.3 Å². The number of methoxy groups -OCH3 is 1. The van der Waals surface area contributed by atoms with Gasteiger partial charge in [-0.3, -0.25) is 9.59 Å². The van der Waals surface area contributed by atoms with Crippen LogP contribution in [-0.4, -0.2) is 34.5 Å². The number of aromatic amines is 2. The van der Waals surface area contributed by atoms with Gasteiger partial charge in [0, 0.05) is 25.2 Å². The van der Waals surface area contributed by atoms with Crippen LogP contribution in [0.25, 0.3) is 11.0 Å². The van der Waals surface area contributed by atoms with E-state index in [1.54, 1.807) is 0 Å². The number of hydrogen-bond donors (Lipinski definition) is 3. The molecule has 0 atom stereocenters. The van der Waals surface area contributed by atoms with Crippen LogP contribution in [0.4, 0.5) is 0 Å². The molecule has 1 amide bonds. The Bertz CT molecular complexity index is 864. The van der Waals surface area contributed by atoms with E-state index in [4.69, 9.17) is 4.74 Å². The largest absolute Gasteiger partial charge is 0.491 e. The summed E-state index contributed by atoms with van der Waals surface area (Å²) in [7, 11) is 1.40. The molecule has 3 rings (SSSR count). The Morgan fingerprint density at radius 1 is 1.35 bits per heavy atom. The van der Waals surface area contributed by atoms with Crippen molar-refractivity contribution in [1.29, 1.82) is 0 Å². The first-order chi connectivity index (χ1) is 11.2. The zero-order valence-electron chi connectivity index (χ0n) is 12.6. The zero-order valence-corrected chi connectivity index (χ0v) is 12.6. The van der Waals surface area contributed by atoms with E-state index in [-0.39, 0.29) is 22.8 Å². The second-order valence-corrected chi connectivity index (χ2v) is 4.99. The molecule has 7 heteroatoms. The highest BCUT2D eigenvalue weighted by molar-refractivity contribution is 5.92. The third-order valence-electron chi connectivity index (χ3n) is 3.43. The molecule has 0 bridgehead atoms. The van der Waals surface area contributed by atoms with Gasteiger partial charge in [-0.1, -0.05) is 12.1 Å². The average Bonchev–Trinajstić information content (AvgIpc) is 2.97. The number of ether oxygens (including phenoxy) is 1. The van der Waals surface area contributed by atoms with Crippen molar-refractivity contribution in [1.82, 2.24) is 20.3 Å². The molecule has 0 radical (unpaired) electrons. The van der Waals surface area contributed by atoms with Gasteiger partial charge in [0.15, 0.2) is 5.75 Å². The second-order valence-electron chi connectivity index (χ2n) is 4.99. The number of benzene rings is 1. The van der Waals surface area contributed by atoms with Gasteiger partial charge in [0.1, 0.15) is 11.5 Å². The Kier molecular flexibility index (Phi) is 4.09. The first-order valence-corrected chi connectivity index (χ1v) is 7.16. The molecule has 3 aromatic rings. The van der Waals surface area contributed by atoms with E-state index in [0.717, 1.165) is 16.9 Å². The van der Waals surface area contributed by atoms with Crippen LogP contribution in [0.15, 0.2) is 41.3 Å². The smallest absolute Gasteiger partial charge is 0.267 e. The van der Waals surface area contributed by atoms with Crippen LogP contribution in [0, 0.1) is 0 Å². The summed E-state index contributed by atoms with van der Waals surface area (Å²) in [5.74, 6) is 0.624. The summed E-state index contributed by atoms with van der Waals surface area (Å²) < 4.78 is 4.86. The summed E-state index contributed by atoms with van der Waals surface area (Å²) in [6.07, 6.45) is 1.94. The third kappa shape index (κ3) is 3.23. The number of H-pyrrole nitrogens is 2. The Labute approximate surface area is 131 Å². The maximum atomic E-state index is 12.0. The topological polar surface area (TPSA) is 99.9 Å². The van der Waals surface area contributed by atoms with Crippen LogP contribution >= 0.6 is 0 Å². The minimum atomic E-state index is -0.346. The van der Waals surface area contributed by atoms with E-state index in [9.17, 15) is 9.59 Å². The fourth-order valence-corrected chi connectivity index (χ4v) is 2.26. The number of aromatic nitrogens is 3. The van der Waals surface area contributed by atoms with Crippen LogP contribution in [0.3, 0.4) is 0 Å². The monoisotopic (exact) mass is 312 g/mol. The predicted molar refractivity (Wildman–Crippen MR) is 85.7 cm³/mol. The molecule has 0 aliphatic heterocycles. The maximum absolute atomic E-state index is 12.0. The fraction of sp³-hybridized carbons (Fsp3) is 0.188. The minimum absolute atomic E-state index is 0.170. The Morgan fingerprint density at radius 3 is 2.91 bits per heavy atom. The predicted octanol–water partition coefficient (Wildman–Crippen LogP) is 1.23.